The van der Waals surface area contributed by atoms with Crippen LogP contribution in [0.4, 0.5) is 4.79 Å². The Labute approximate surface area is 180 Å². The highest BCUT2D eigenvalue weighted by Crippen LogP contribution is 2.29. The van der Waals surface area contributed by atoms with Crippen LogP contribution in [0.1, 0.15) is 18.1 Å². The predicted octanol–water partition coefficient (Wildman–Crippen LogP) is 2.95. The number of amides is 4. The van der Waals surface area contributed by atoms with E-state index in [9.17, 15) is 14.4 Å². The van der Waals surface area contributed by atoms with Crippen LogP contribution >= 0.6 is 11.6 Å². The summed E-state index contributed by atoms with van der Waals surface area (Å²) in [5.41, 5.74) is 0.529. The number of aryl methyl sites for hydroxylation is 1. The van der Waals surface area contributed by atoms with Crippen LogP contribution in [0.3, 0.4) is 0 Å². The lowest BCUT2D eigenvalue weighted by molar-refractivity contribution is -0.138. The molecule has 2 aromatic rings. The minimum absolute atomic E-state index is 0.269. The fraction of sp³-hybridized carbons (Fsp3) is 0.318. The van der Waals surface area contributed by atoms with Gasteiger partial charge < -0.3 is 15.0 Å². The van der Waals surface area contributed by atoms with E-state index in [1.807, 2.05) is 19.1 Å². The van der Waals surface area contributed by atoms with Crippen molar-refractivity contribution in [3.05, 3.63) is 64.7 Å². The van der Waals surface area contributed by atoms with E-state index in [-0.39, 0.29) is 19.1 Å². The molecule has 1 N–H and O–H groups in total. The van der Waals surface area contributed by atoms with Crippen molar-refractivity contribution < 1.29 is 19.1 Å². The molecular weight excluding hydrogens is 406 g/mol. The van der Waals surface area contributed by atoms with Gasteiger partial charge >= 0.3 is 6.03 Å². The van der Waals surface area contributed by atoms with Crippen LogP contribution in [0, 0.1) is 6.92 Å². The molecule has 0 unspecified atom stereocenters. The number of halogens is 1. The van der Waals surface area contributed by atoms with Gasteiger partial charge in [0.25, 0.3) is 5.91 Å². The molecular formula is C22H24ClN3O4. The number of ether oxygens (including phenoxy) is 1. The highest BCUT2D eigenvalue weighted by Gasteiger charge is 2.49. The van der Waals surface area contributed by atoms with Crippen molar-refractivity contribution in [3.8, 4) is 5.75 Å². The number of carbonyl (C=O) groups is 3. The standard InChI is InChI=1S/C22H24ClN3O4/c1-15-4-6-16(7-5-15)22(2)20(28)26(21(29)24-22)14-19(27)25(3)12-13-30-18-10-8-17(23)9-11-18/h4-11H,12-14H2,1-3H3,(H,24,29)/t22-/m1/s1. The highest BCUT2D eigenvalue weighted by atomic mass is 35.5. The second-order valence-corrected chi connectivity index (χ2v) is 7.87. The van der Waals surface area contributed by atoms with E-state index in [0.29, 0.717) is 22.9 Å². The lowest BCUT2D eigenvalue weighted by Crippen LogP contribution is -2.44. The van der Waals surface area contributed by atoms with E-state index in [1.165, 1.54) is 4.90 Å². The minimum Gasteiger partial charge on any atom is -0.492 e. The number of rotatable bonds is 7. The van der Waals surface area contributed by atoms with E-state index < -0.39 is 17.5 Å². The summed E-state index contributed by atoms with van der Waals surface area (Å²) in [7, 11) is 1.60. The number of hydrogen-bond donors (Lipinski definition) is 1. The van der Waals surface area contributed by atoms with Gasteiger partial charge in [-0.3, -0.25) is 14.5 Å². The molecule has 1 atom stereocenters. The Kier molecular flexibility index (Phi) is 6.31. The van der Waals surface area contributed by atoms with Crippen molar-refractivity contribution in [2.75, 3.05) is 26.7 Å². The summed E-state index contributed by atoms with van der Waals surface area (Å²) in [4.78, 5) is 40.3. The Balaban J connectivity index is 1.57. The van der Waals surface area contributed by atoms with Gasteiger partial charge in [0.05, 0.1) is 6.54 Å². The molecule has 0 saturated carbocycles. The first-order valence-corrected chi connectivity index (χ1v) is 9.92. The predicted molar refractivity (Wildman–Crippen MR) is 113 cm³/mol. The number of hydrogen-bond acceptors (Lipinski definition) is 4. The van der Waals surface area contributed by atoms with Gasteiger partial charge in [-0.15, -0.1) is 0 Å². The first-order chi connectivity index (χ1) is 14.2. The van der Waals surface area contributed by atoms with Crippen LogP contribution in [0.25, 0.3) is 0 Å². The zero-order valence-corrected chi connectivity index (χ0v) is 17.9. The molecule has 0 radical (unpaired) electrons. The number of benzene rings is 2. The lowest BCUT2D eigenvalue weighted by Gasteiger charge is -2.23. The molecule has 1 heterocycles. The Hall–Kier alpha value is -3.06. The third kappa shape index (κ3) is 4.57. The van der Waals surface area contributed by atoms with E-state index in [0.717, 1.165) is 10.5 Å². The monoisotopic (exact) mass is 429 g/mol. The van der Waals surface area contributed by atoms with E-state index in [1.54, 1.807) is 50.4 Å². The zero-order valence-electron chi connectivity index (χ0n) is 17.1. The molecule has 0 aliphatic carbocycles. The van der Waals surface area contributed by atoms with Crippen LogP contribution < -0.4 is 10.1 Å². The molecule has 8 heteroatoms. The van der Waals surface area contributed by atoms with Crippen LogP contribution in [0.15, 0.2) is 48.5 Å². The smallest absolute Gasteiger partial charge is 0.325 e. The normalized spacial score (nSPS) is 18.3. The number of nitrogens with one attached hydrogen (secondary N) is 1. The van der Waals surface area contributed by atoms with Gasteiger partial charge in [-0.1, -0.05) is 41.4 Å². The fourth-order valence-electron chi connectivity index (χ4n) is 3.14. The maximum absolute atomic E-state index is 12.9. The van der Waals surface area contributed by atoms with Crippen molar-refractivity contribution >= 4 is 29.4 Å². The number of urea groups is 1. The maximum atomic E-state index is 12.9. The summed E-state index contributed by atoms with van der Waals surface area (Å²) in [6.45, 7) is 3.83. The maximum Gasteiger partial charge on any atom is 0.325 e. The van der Waals surface area contributed by atoms with Crippen LogP contribution in [-0.2, 0) is 15.1 Å². The van der Waals surface area contributed by atoms with Crippen molar-refractivity contribution in [3.63, 3.8) is 0 Å². The molecule has 1 saturated heterocycles. The van der Waals surface area contributed by atoms with Gasteiger partial charge in [0.15, 0.2) is 0 Å². The Morgan fingerprint density at radius 1 is 1.13 bits per heavy atom. The van der Waals surface area contributed by atoms with Gasteiger partial charge in [0.1, 0.15) is 24.4 Å². The van der Waals surface area contributed by atoms with Crippen LogP contribution in [0.5, 0.6) is 5.75 Å². The summed E-state index contributed by atoms with van der Waals surface area (Å²) in [6, 6.07) is 13.7. The summed E-state index contributed by atoms with van der Waals surface area (Å²) < 4.78 is 5.58. The third-order valence-corrected chi connectivity index (χ3v) is 5.38. The SMILES string of the molecule is Cc1ccc([C@@]2(C)NC(=O)N(CC(=O)N(C)CCOc3ccc(Cl)cc3)C2=O)cc1. The molecule has 0 aromatic heterocycles. The van der Waals surface area contributed by atoms with Crippen LogP contribution in [0.2, 0.25) is 5.02 Å². The molecule has 2 aromatic carbocycles. The van der Waals surface area contributed by atoms with E-state index in [4.69, 9.17) is 16.3 Å². The highest BCUT2D eigenvalue weighted by molar-refractivity contribution is 6.30. The van der Waals surface area contributed by atoms with Crippen molar-refractivity contribution in [2.45, 2.75) is 19.4 Å². The molecule has 1 aliphatic heterocycles. The molecule has 1 aliphatic rings. The largest absolute Gasteiger partial charge is 0.492 e. The van der Waals surface area contributed by atoms with Gasteiger partial charge in [0, 0.05) is 12.1 Å². The molecule has 4 amide bonds. The van der Waals surface area contributed by atoms with Crippen LogP contribution in [-0.4, -0.2) is 54.4 Å². The first kappa shape index (κ1) is 21.6. The Morgan fingerprint density at radius 2 is 1.77 bits per heavy atom. The van der Waals surface area contributed by atoms with Gasteiger partial charge in [-0.25, -0.2) is 4.79 Å². The summed E-state index contributed by atoms with van der Waals surface area (Å²) in [6.07, 6.45) is 0. The summed E-state index contributed by atoms with van der Waals surface area (Å²) >= 11 is 5.84. The summed E-state index contributed by atoms with van der Waals surface area (Å²) in [5, 5.41) is 3.32. The molecule has 30 heavy (non-hydrogen) atoms. The zero-order chi connectivity index (χ0) is 21.9. The first-order valence-electron chi connectivity index (χ1n) is 9.54. The second-order valence-electron chi connectivity index (χ2n) is 7.43. The van der Waals surface area contributed by atoms with Gasteiger partial charge in [0.2, 0.25) is 5.91 Å². The number of imide groups is 1. The molecule has 3 rings (SSSR count). The third-order valence-electron chi connectivity index (χ3n) is 5.13. The summed E-state index contributed by atoms with van der Waals surface area (Å²) in [5.74, 6) is -0.162. The molecule has 158 valence electrons. The van der Waals surface area contributed by atoms with E-state index in [2.05, 4.69) is 5.32 Å². The average Bonchev–Trinajstić information content (AvgIpc) is 2.93. The molecule has 0 bridgehead atoms. The minimum atomic E-state index is -1.19. The molecule has 7 nitrogen and oxygen atoms in total. The molecule has 1 fully saturated rings. The van der Waals surface area contributed by atoms with Crippen molar-refractivity contribution in [1.29, 1.82) is 0 Å². The fourth-order valence-corrected chi connectivity index (χ4v) is 3.26. The molecule has 0 spiro atoms. The topological polar surface area (TPSA) is 79.0 Å². The quantitative estimate of drug-likeness (QED) is 0.686. The van der Waals surface area contributed by atoms with Crippen molar-refractivity contribution in [1.82, 2.24) is 15.1 Å². The number of nitrogens with zero attached hydrogens (tertiary/aromatic N) is 2. The number of carbonyl (C=O) groups excluding carboxylic acids is 3. The van der Waals surface area contributed by atoms with Crippen molar-refractivity contribution in [2.24, 2.45) is 0 Å². The Bertz CT molecular complexity index is 946. The number of likely N-dealkylation sites (N-methyl/N-ethyl adjacent to an activating group) is 1. The lowest BCUT2D eigenvalue weighted by atomic mass is 9.91. The average molecular weight is 430 g/mol. The second kappa shape index (κ2) is 8.75. The Morgan fingerprint density at radius 3 is 2.40 bits per heavy atom. The van der Waals surface area contributed by atoms with E-state index >= 15 is 0 Å². The van der Waals surface area contributed by atoms with Gasteiger partial charge in [-0.05, 0) is 43.7 Å². The van der Waals surface area contributed by atoms with Gasteiger partial charge in [-0.2, -0.15) is 0 Å².